The summed E-state index contributed by atoms with van der Waals surface area (Å²) >= 11 is 0. The summed E-state index contributed by atoms with van der Waals surface area (Å²) in [6.45, 7) is 0.615. The molecule has 15 heavy (non-hydrogen) atoms. The van der Waals surface area contributed by atoms with Gasteiger partial charge >= 0.3 is 0 Å². The second-order valence-corrected chi connectivity index (χ2v) is 2.63. The number of carbonyl (C=O) groups excluding carboxylic acids is 2. The molecule has 0 spiro atoms. The molecule has 1 rings (SSSR count). The lowest BCUT2D eigenvalue weighted by Crippen LogP contribution is -1.85. The van der Waals surface area contributed by atoms with Crippen LogP contribution in [-0.2, 0) is 22.7 Å². The van der Waals surface area contributed by atoms with Crippen molar-refractivity contribution in [2.45, 2.75) is 13.1 Å². The predicted octanol–water partition coefficient (Wildman–Crippen LogP) is 0.534. The minimum absolute atomic E-state index is 0. The van der Waals surface area contributed by atoms with Crippen molar-refractivity contribution in [2.24, 2.45) is 9.98 Å². The fourth-order valence-corrected chi connectivity index (χ4v) is 1.07. The normalized spacial score (nSPS) is 8.00. The minimum Gasteiger partial charge on any atom is -0.412 e. The molecule has 0 bridgehead atoms. The molecule has 78 valence electrons. The van der Waals surface area contributed by atoms with Gasteiger partial charge in [0.05, 0.1) is 13.1 Å². The van der Waals surface area contributed by atoms with E-state index in [1.165, 1.54) is 12.2 Å². The van der Waals surface area contributed by atoms with Crippen molar-refractivity contribution in [2.75, 3.05) is 0 Å². The summed E-state index contributed by atoms with van der Waals surface area (Å²) in [4.78, 5) is 26.6. The van der Waals surface area contributed by atoms with Crippen molar-refractivity contribution in [3.63, 3.8) is 0 Å². The Morgan fingerprint density at radius 1 is 1.00 bits per heavy atom. The van der Waals surface area contributed by atoms with Crippen molar-refractivity contribution in [1.82, 2.24) is 0 Å². The van der Waals surface area contributed by atoms with E-state index in [2.05, 4.69) is 9.98 Å². The first kappa shape index (κ1) is 12.9. The summed E-state index contributed by atoms with van der Waals surface area (Å²) in [6.07, 6.45) is 2.94. The molecule has 2 N–H and O–H groups in total. The summed E-state index contributed by atoms with van der Waals surface area (Å²) in [5.41, 5.74) is 1.79. The highest BCUT2D eigenvalue weighted by atomic mass is 16.1. The molecule has 0 heterocycles. The van der Waals surface area contributed by atoms with Crippen LogP contribution in [0.4, 0.5) is 0 Å². The topological polar surface area (TPSA) is 90.4 Å². The van der Waals surface area contributed by atoms with Crippen LogP contribution < -0.4 is 0 Å². The van der Waals surface area contributed by atoms with Crippen LogP contribution in [0.15, 0.2) is 34.3 Å². The van der Waals surface area contributed by atoms with Gasteiger partial charge in [-0.05, 0) is 11.1 Å². The fraction of sp³-hybridized carbons (Fsp3) is 0.200. The van der Waals surface area contributed by atoms with Crippen LogP contribution in [0.25, 0.3) is 0 Å². The second kappa shape index (κ2) is 7.35. The molecule has 1 aromatic carbocycles. The van der Waals surface area contributed by atoms with Gasteiger partial charge in [-0.3, -0.25) is 0 Å². The van der Waals surface area contributed by atoms with E-state index in [4.69, 9.17) is 0 Å². The Morgan fingerprint density at radius 3 is 1.87 bits per heavy atom. The maximum absolute atomic E-state index is 9.87. The van der Waals surface area contributed by atoms with Gasteiger partial charge in [0.2, 0.25) is 12.2 Å². The first-order valence-corrected chi connectivity index (χ1v) is 4.02. The molecule has 0 aliphatic heterocycles. The monoisotopic (exact) mass is 206 g/mol. The molecule has 0 aliphatic carbocycles. The Morgan fingerprint density at radius 2 is 1.47 bits per heavy atom. The van der Waals surface area contributed by atoms with Gasteiger partial charge in [-0.1, -0.05) is 24.3 Å². The van der Waals surface area contributed by atoms with Crippen LogP contribution in [0.5, 0.6) is 0 Å². The number of hydrogen-bond acceptors (Lipinski definition) is 4. The molecule has 0 aromatic heterocycles. The molecule has 0 radical (unpaired) electrons. The van der Waals surface area contributed by atoms with Gasteiger partial charge in [0.15, 0.2) is 0 Å². The lowest BCUT2D eigenvalue weighted by Gasteiger charge is -1.98. The Labute approximate surface area is 86.5 Å². The Kier molecular flexibility index (Phi) is 6.34. The van der Waals surface area contributed by atoms with Crippen molar-refractivity contribution in [1.29, 1.82) is 0 Å². The molecule has 0 unspecified atom stereocenters. The van der Waals surface area contributed by atoms with Crippen LogP contribution in [0.1, 0.15) is 11.1 Å². The number of aliphatic imine (C=N–C) groups is 2. The van der Waals surface area contributed by atoms with Crippen LogP contribution in [0, 0.1) is 0 Å². The van der Waals surface area contributed by atoms with Crippen molar-refractivity contribution in [3.05, 3.63) is 35.4 Å². The van der Waals surface area contributed by atoms with Gasteiger partial charge in [-0.25, -0.2) is 19.6 Å². The summed E-state index contributed by atoms with van der Waals surface area (Å²) in [6, 6.07) is 7.34. The molecular formula is C10H10N2O3. The first-order valence-electron chi connectivity index (χ1n) is 4.02. The molecule has 0 fully saturated rings. The van der Waals surface area contributed by atoms with Gasteiger partial charge < -0.3 is 5.48 Å². The third kappa shape index (κ3) is 4.64. The van der Waals surface area contributed by atoms with Gasteiger partial charge in [-0.2, -0.15) is 0 Å². The van der Waals surface area contributed by atoms with E-state index in [9.17, 15) is 9.59 Å². The summed E-state index contributed by atoms with van der Waals surface area (Å²) in [5, 5.41) is 0. The molecule has 0 amide bonds. The largest absolute Gasteiger partial charge is 0.412 e. The van der Waals surface area contributed by atoms with E-state index in [0.29, 0.717) is 13.1 Å². The number of rotatable bonds is 4. The van der Waals surface area contributed by atoms with Crippen molar-refractivity contribution < 1.29 is 15.1 Å². The standard InChI is InChI=1S/C10H8N2O2.H2O/c13-7-11-5-9-2-1-3-10(4-9)6-12-8-14;/h1-4H,5-6H2;1H2. The zero-order chi connectivity index (χ0) is 10.2. The Hall–Kier alpha value is -2.06. The highest BCUT2D eigenvalue weighted by Crippen LogP contribution is 2.07. The van der Waals surface area contributed by atoms with E-state index in [1.807, 2.05) is 24.3 Å². The third-order valence-corrected chi connectivity index (χ3v) is 1.64. The lowest BCUT2D eigenvalue weighted by atomic mass is 10.1. The number of benzene rings is 1. The molecule has 5 nitrogen and oxygen atoms in total. The predicted molar refractivity (Wildman–Crippen MR) is 53.7 cm³/mol. The van der Waals surface area contributed by atoms with Crippen LogP contribution in [0.2, 0.25) is 0 Å². The van der Waals surface area contributed by atoms with E-state index in [0.717, 1.165) is 11.1 Å². The SMILES string of the molecule is O.O=C=NCc1cccc(CN=C=O)c1. The van der Waals surface area contributed by atoms with Gasteiger partial charge in [-0.15, -0.1) is 0 Å². The highest BCUT2D eigenvalue weighted by molar-refractivity contribution is 5.35. The molecule has 0 saturated heterocycles. The van der Waals surface area contributed by atoms with E-state index in [-0.39, 0.29) is 5.48 Å². The Balaban J connectivity index is 0.00000196. The lowest BCUT2D eigenvalue weighted by molar-refractivity contribution is 0.562. The third-order valence-electron chi connectivity index (χ3n) is 1.64. The first-order chi connectivity index (χ1) is 6.86. The summed E-state index contributed by atoms with van der Waals surface area (Å²) in [5.74, 6) is 0. The Bertz CT molecular complexity index is 370. The molecular weight excluding hydrogens is 196 g/mol. The molecule has 5 heteroatoms. The molecule has 0 saturated carbocycles. The van der Waals surface area contributed by atoms with Crippen LogP contribution in [0.3, 0.4) is 0 Å². The fourth-order valence-electron chi connectivity index (χ4n) is 1.07. The van der Waals surface area contributed by atoms with Crippen molar-refractivity contribution >= 4 is 12.2 Å². The maximum atomic E-state index is 9.87. The average molecular weight is 206 g/mol. The quantitative estimate of drug-likeness (QED) is 0.531. The zero-order valence-electron chi connectivity index (χ0n) is 7.93. The van der Waals surface area contributed by atoms with E-state index >= 15 is 0 Å². The highest BCUT2D eigenvalue weighted by Gasteiger charge is 1.94. The summed E-state index contributed by atoms with van der Waals surface area (Å²) in [7, 11) is 0. The van der Waals surface area contributed by atoms with Gasteiger partial charge in [0.1, 0.15) is 0 Å². The smallest absolute Gasteiger partial charge is 0.235 e. The number of isocyanates is 2. The zero-order valence-corrected chi connectivity index (χ0v) is 7.93. The number of nitrogens with zero attached hydrogens (tertiary/aromatic N) is 2. The minimum atomic E-state index is 0. The molecule has 1 aromatic rings. The van der Waals surface area contributed by atoms with Gasteiger partial charge in [0, 0.05) is 0 Å². The van der Waals surface area contributed by atoms with Gasteiger partial charge in [0.25, 0.3) is 0 Å². The van der Waals surface area contributed by atoms with E-state index in [1.54, 1.807) is 0 Å². The molecule has 0 aliphatic rings. The van der Waals surface area contributed by atoms with Crippen LogP contribution >= 0.6 is 0 Å². The summed E-state index contributed by atoms with van der Waals surface area (Å²) < 4.78 is 0. The second-order valence-electron chi connectivity index (χ2n) is 2.63. The molecule has 0 atom stereocenters. The van der Waals surface area contributed by atoms with Crippen LogP contribution in [-0.4, -0.2) is 17.6 Å². The maximum Gasteiger partial charge on any atom is 0.235 e. The average Bonchev–Trinajstić information content (AvgIpc) is 2.24. The van der Waals surface area contributed by atoms with Crippen molar-refractivity contribution in [3.8, 4) is 0 Å². The van der Waals surface area contributed by atoms with E-state index < -0.39 is 0 Å². The number of hydrogen-bond donors (Lipinski definition) is 0.